The molecule has 0 unspecified atom stereocenters. The second-order valence-electron chi connectivity index (χ2n) is 6.93. The molecule has 0 aromatic heterocycles. The Hall–Kier alpha value is -1.81. The van der Waals surface area contributed by atoms with Gasteiger partial charge in [0.15, 0.2) is 6.04 Å². The number of aliphatic carboxylic acids is 2. The monoisotopic (exact) mass is 378 g/mol. The Morgan fingerprint density at radius 3 is 2.12 bits per heavy atom. The summed E-state index contributed by atoms with van der Waals surface area (Å²) in [6, 6.07) is -0.915. The number of quaternary nitrogens is 1. The first kappa shape index (κ1) is 23.2. The fourth-order valence-electron chi connectivity index (χ4n) is 1.67. The van der Waals surface area contributed by atoms with E-state index in [1.807, 2.05) is 20.8 Å². The van der Waals surface area contributed by atoms with Crippen LogP contribution in [0.4, 0.5) is 0 Å². The van der Waals surface area contributed by atoms with Gasteiger partial charge in [-0.05, 0) is 6.92 Å². The van der Waals surface area contributed by atoms with Crippen molar-refractivity contribution in [3.05, 3.63) is 0 Å². The minimum atomic E-state index is -1.32. The summed E-state index contributed by atoms with van der Waals surface area (Å²) in [5, 5.41) is 22.4. The molecule has 0 aromatic rings. The Balaban J connectivity index is 4.98. The third-order valence-electron chi connectivity index (χ3n) is 3.18. The van der Waals surface area contributed by atoms with Gasteiger partial charge in [0.2, 0.25) is 11.8 Å². The van der Waals surface area contributed by atoms with Crippen LogP contribution in [0.1, 0.15) is 40.5 Å². The zero-order valence-corrected chi connectivity index (χ0v) is 15.9. The van der Waals surface area contributed by atoms with Crippen molar-refractivity contribution >= 4 is 35.5 Å². The van der Waals surface area contributed by atoms with Crippen LogP contribution >= 0.6 is 11.8 Å². The van der Waals surface area contributed by atoms with E-state index in [2.05, 4.69) is 16.4 Å². The van der Waals surface area contributed by atoms with Gasteiger partial charge in [0.1, 0.15) is 12.1 Å². The molecule has 9 nitrogen and oxygen atoms in total. The summed E-state index contributed by atoms with van der Waals surface area (Å²) in [5.74, 6) is -3.15. The number of amides is 2. The maximum atomic E-state index is 12.4. The molecule has 10 heteroatoms. The molecule has 0 spiro atoms. The zero-order valence-electron chi connectivity index (χ0n) is 15.0. The van der Waals surface area contributed by atoms with Crippen molar-refractivity contribution in [2.24, 2.45) is 0 Å². The van der Waals surface area contributed by atoms with Crippen molar-refractivity contribution in [2.75, 3.05) is 12.3 Å². The van der Waals surface area contributed by atoms with E-state index in [4.69, 9.17) is 10.2 Å². The highest BCUT2D eigenvalue weighted by molar-refractivity contribution is 8.00. The highest BCUT2D eigenvalue weighted by atomic mass is 32.2. The number of nitrogens with one attached hydrogen (secondary N) is 2. The molecule has 0 fully saturated rings. The first-order chi connectivity index (χ1) is 11.3. The number of thioether (sulfide) groups is 1. The van der Waals surface area contributed by atoms with E-state index in [1.165, 1.54) is 18.7 Å². The lowest BCUT2D eigenvalue weighted by Crippen LogP contribution is -2.65. The van der Waals surface area contributed by atoms with Gasteiger partial charge in [0.25, 0.3) is 0 Å². The Bertz CT molecular complexity index is 520. The molecular weight excluding hydrogens is 350 g/mol. The summed E-state index contributed by atoms with van der Waals surface area (Å²) < 4.78 is -0.166. The van der Waals surface area contributed by atoms with Crippen LogP contribution in [-0.2, 0) is 19.2 Å². The van der Waals surface area contributed by atoms with E-state index >= 15 is 0 Å². The lowest BCUT2D eigenvalue weighted by Gasteiger charge is -2.32. The van der Waals surface area contributed by atoms with Crippen molar-refractivity contribution in [2.45, 2.75) is 56.9 Å². The van der Waals surface area contributed by atoms with Gasteiger partial charge < -0.3 is 26.6 Å². The summed E-state index contributed by atoms with van der Waals surface area (Å²) in [4.78, 5) is 45.9. The standard InChI is InChI=1S/C15H27N3O6S/c1-14(2,3)25-8-15(4,13(24)17-7-11(20)21)18-10(19)6-5-9(16)12(22)23/h9H,5-8,16H2,1-4H3,(H,17,24)(H,18,19)(H,20,21)(H,22,23)/p+1/t9-,15-/m0/s1. The number of hydrogen-bond acceptors (Lipinski definition) is 5. The lowest BCUT2D eigenvalue weighted by atomic mass is 10.0. The van der Waals surface area contributed by atoms with E-state index in [9.17, 15) is 19.2 Å². The van der Waals surface area contributed by atoms with Gasteiger partial charge in [-0.15, -0.1) is 0 Å². The van der Waals surface area contributed by atoms with Gasteiger partial charge in [0, 0.05) is 23.3 Å². The molecule has 0 aliphatic heterocycles. The van der Waals surface area contributed by atoms with Gasteiger partial charge in [-0.1, -0.05) is 20.8 Å². The largest absolute Gasteiger partial charge is 0.480 e. The molecule has 0 heterocycles. The maximum Gasteiger partial charge on any atom is 0.362 e. The molecule has 2 atom stereocenters. The van der Waals surface area contributed by atoms with Gasteiger partial charge in [-0.2, -0.15) is 11.8 Å². The van der Waals surface area contributed by atoms with Crippen molar-refractivity contribution in [1.29, 1.82) is 0 Å². The lowest BCUT2D eigenvalue weighted by molar-refractivity contribution is -0.408. The van der Waals surface area contributed by atoms with Crippen LogP contribution in [0.15, 0.2) is 0 Å². The normalized spacial score (nSPS) is 14.9. The highest BCUT2D eigenvalue weighted by Gasteiger charge is 2.36. The third kappa shape index (κ3) is 9.92. The number of hydrogen-bond donors (Lipinski definition) is 5. The Morgan fingerprint density at radius 1 is 1.12 bits per heavy atom. The van der Waals surface area contributed by atoms with Crippen molar-refractivity contribution in [3.8, 4) is 0 Å². The van der Waals surface area contributed by atoms with Crippen LogP contribution in [0, 0.1) is 0 Å². The summed E-state index contributed by atoms with van der Waals surface area (Å²) in [5.41, 5.74) is 2.12. The average Bonchev–Trinajstić information content (AvgIpc) is 2.47. The molecule has 0 saturated carbocycles. The molecule has 0 aromatic carbocycles. The van der Waals surface area contributed by atoms with Crippen LogP contribution in [0.5, 0.6) is 0 Å². The summed E-state index contributed by atoms with van der Waals surface area (Å²) >= 11 is 1.44. The van der Waals surface area contributed by atoms with Crippen LogP contribution < -0.4 is 16.4 Å². The van der Waals surface area contributed by atoms with Crippen LogP contribution in [0.2, 0.25) is 0 Å². The molecular formula is C15H28N3O6S+. The molecule has 7 N–H and O–H groups in total. The minimum absolute atomic E-state index is 0.0421. The Labute approximate surface area is 151 Å². The highest BCUT2D eigenvalue weighted by Crippen LogP contribution is 2.27. The minimum Gasteiger partial charge on any atom is -0.480 e. The second-order valence-corrected chi connectivity index (χ2v) is 8.73. The van der Waals surface area contributed by atoms with Crippen molar-refractivity contribution in [3.63, 3.8) is 0 Å². The number of carboxylic acids is 2. The summed E-state index contributed by atoms with van der Waals surface area (Å²) in [7, 11) is 0. The molecule has 144 valence electrons. The number of carbonyl (C=O) groups excluding carboxylic acids is 2. The molecule has 0 aliphatic rings. The number of rotatable bonds is 10. The van der Waals surface area contributed by atoms with Gasteiger partial charge in [0.05, 0.1) is 0 Å². The fourth-order valence-corrected chi connectivity index (χ4v) is 2.59. The van der Waals surface area contributed by atoms with Crippen molar-refractivity contribution in [1.82, 2.24) is 10.6 Å². The van der Waals surface area contributed by atoms with Gasteiger partial charge in [-0.25, -0.2) is 4.79 Å². The van der Waals surface area contributed by atoms with Gasteiger partial charge in [-0.3, -0.25) is 14.4 Å². The predicted octanol–water partition coefficient (Wildman–Crippen LogP) is -0.931. The first-order valence-corrected chi connectivity index (χ1v) is 8.76. The first-order valence-electron chi connectivity index (χ1n) is 7.78. The summed E-state index contributed by atoms with van der Waals surface area (Å²) in [6.07, 6.45) is -0.0527. The molecule has 0 bridgehead atoms. The van der Waals surface area contributed by atoms with E-state index in [-0.39, 0.29) is 23.3 Å². The Morgan fingerprint density at radius 2 is 1.68 bits per heavy atom. The predicted molar refractivity (Wildman–Crippen MR) is 93.0 cm³/mol. The number of carbonyl (C=O) groups is 4. The molecule has 25 heavy (non-hydrogen) atoms. The number of carboxylic acid groups (broad SMARTS) is 2. The van der Waals surface area contributed by atoms with Crippen molar-refractivity contribution < 1.29 is 35.1 Å². The second kappa shape index (κ2) is 9.62. The Kier molecular flexibility index (Phi) is 8.92. The fraction of sp³-hybridized carbons (Fsp3) is 0.733. The zero-order chi connectivity index (χ0) is 19.8. The van der Waals surface area contributed by atoms with E-state index in [0.717, 1.165) is 0 Å². The van der Waals surface area contributed by atoms with E-state index < -0.39 is 41.9 Å². The average molecular weight is 378 g/mol. The molecule has 0 radical (unpaired) electrons. The topological polar surface area (TPSA) is 160 Å². The third-order valence-corrected chi connectivity index (χ3v) is 4.77. The molecule has 0 rings (SSSR count). The molecule has 0 aliphatic carbocycles. The van der Waals surface area contributed by atoms with Crippen LogP contribution in [0.25, 0.3) is 0 Å². The van der Waals surface area contributed by atoms with E-state index in [1.54, 1.807) is 0 Å². The smallest absolute Gasteiger partial charge is 0.362 e. The SMILES string of the molecule is CC(C)(C)SC[C@](C)(NC(=O)CC[C@H]([NH3+])C(=O)O)C(=O)NCC(=O)O. The summed E-state index contributed by atoms with van der Waals surface area (Å²) in [6.45, 7) is 6.82. The van der Waals surface area contributed by atoms with Crippen LogP contribution in [0.3, 0.4) is 0 Å². The molecule has 0 saturated heterocycles. The molecule has 2 amide bonds. The quantitative estimate of drug-likeness (QED) is 0.328. The maximum absolute atomic E-state index is 12.4. The van der Waals surface area contributed by atoms with Crippen LogP contribution in [-0.4, -0.2) is 62.6 Å². The van der Waals surface area contributed by atoms with Gasteiger partial charge >= 0.3 is 11.9 Å². The van der Waals surface area contributed by atoms with E-state index in [0.29, 0.717) is 0 Å².